The van der Waals surface area contributed by atoms with Crippen molar-refractivity contribution in [3.05, 3.63) is 0 Å². The molecule has 15 heavy (non-hydrogen) atoms. The normalized spacial score (nSPS) is 29.0. The summed E-state index contributed by atoms with van der Waals surface area (Å²) in [4.78, 5) is 0. The van der Waals surface area contributed by atoms with E-state index in [1.165, 1.54) is 30.8 Å². The molecule has 3 heteroatoms. The van der Waals surface area contributed by atoms with Gasteiger partial charge >= 0.3 is 0 Å². The van der Waals surface area contributed by atoms with E-state index in [1.54, 1.807) is 0 Å². The van der Waals surface area contributed by atoms with Gasteiger partial charge in [0.2, 0.25) is 0 Å². The summed E-state index contributed by atoms with van der Waals surface area (Å²) < 4.78 is 0. The Balaban J connectivity index is 2.53. The minimum Gasteiger partial charge on any atom is -0.313 e. The van der Waals surface area contributed by atoms with Crippen LogP contribution < -0.4 is 5.32 Å². The summed E-state index contributed by atoms with van der Waals surface area (Å²) in [6, 6.07) is 0.739. The SMILES string of the molecule is CCCC(NCC)C1SCCSC1CC. The van der Waals surface area contributed by atoms with E-state index in [1.807, 2.05) is 0 Å². The van der Waals surface area contributed by atoms with E-state index in [9.17, 15) is 0 Å². The monoisotopic (exact) mass is 247 g/mol. The van der Waals surface area contributed by atoms with Crippen LogP contribution in [0.15, 0.2) is 0 Å². The molecule has 0 amide bonds. The topological polar surface area (TPSA) is 12.0 Å². The Morgan fingerprint density at radius 3 is 2.53 bits per heavy atom. The summed E-state index contributed by atoms with van der Waals surface area (Å²) in [5, 5.41) is 5.40. The van der Waals surface area contributed by atoms with E-state index >= 15 is 0 Å². The molecule has 0 aromatic rings. The van der Waals surface area contributed by atoms with E-state index in [0.717, 1.165) is 23.1 Å². The first-order valence-corrected chi connectivity index (χ1v) is 8.39. The van der Waals surface area contributed by atoms with Gasteiger partial charge in [0, 0.05) is 28.0 Å². The molecule has 1 nitrogen and oxygen atoms in total. The molecule has 0 aromatic carbocycles. The predicted octanol–water partition coefficient (Wildman–Crippen LogP) is 3.39. The zero-order chi connectivity index (χ0) is 11.1. The van der Waals surface area contributed by atoms with Crippen LogP contribution in [-0.4, -0.2) is 34.6 Å². The highest BCUT2D eigenvalue weighted by molar-refractivity contribution is 8.07. The maximum Gasteiger partial charge on any atom is 0.0320 e. The summed E-state index contributed by atoms with van der Waals surface area (Å²) in [5.41, 5.74) is 0. The van der Waals surface area contributed by atoms with Gasteiger partial charge < -0.3 is 5.32 Å². The minimum absolute atomic E-state index is 0.739. The lowest BCUT2D eigenvalue weighted by Crippen LogP contribution is -2.44. The maximum atomic E-state index is 3.68. The summed E-state index contributed by atoms with van der Waals surface area (Å²) >= 11 is 4.39. The van der Waals surface area contributed by atoms with Crippen LogP contribution in [0.3, 0.4) is 0 Å². The molecule has 90 valence electrons. The minimum atomic E-state index is 0.739. The molecule has 1 N–H and O–H groups in total. The van der Waals surface area contributed by atoms with Crippen molar-refractivity contribution in [2.45, 2.75) is 56.6 Å². The van der Waals surface area contributed by atoms with Crippen LogP contribution in [0.5, 0.6) is 0 Å². The maximum absolute atomic E-state index is 3.68. The van der Waals surface area contributed by atoms with Gasteiger partial charge in [0.15, 0.2) is 0 Å². The van der Waals surface area contributed by atoms with Crippen molar-refractivity contribution in [3.8, 4) is 0 Å². The molecular formula is C12H25NS2. The molecule has 0 bridgehead atoms. The quantitative estimate of drug-likeness (QED) is 0.773. The van der Waals surface area contributed by atoms with Gasteiger partial charge in [-0.05, 0) is 19.4 Å². The Morgan fingerprint density at radius 2 is 1.93 bits per heavy atom. The van der Waals surface area contributed by atoms with Crippen LogP contribution in [0, 0.1) is 0 Å². The van der Waals surface area contributed by atoms with Crippen LogP contribution in [-0.2, 0) is 0 Å². The molecule has 1 fully saturated rings. The van der Waals surface area contributed by atoms with Gasteiger partial charge in [0.05, 0.1) is 0 Å². The Labute approximate surface area is 104 Å². The Kier molecular flexibility index (Phi) is 7.19. The molecule has 0 aromatic heterocycles. The third-order valence-corrected chi connectivity index (χ3v) is 6.36. The molecule has 3 atom stereocenters. The molecule has 3 unspecified atom stereocenters. The first-order valence-electron chi connectivity index (χ1n) is 6.30. The Morgan fingerprint density at radius 1 is 1.20 bits per heavy atom. The van der Waals surface area contributed by atoms with Gasteiger partial charge in [-0.15, -0.1) is 0 Å². The first-order chi connectivity index (χ1) is 7.33. The second kappa shape index (κ2) is 7.86. The zero-order valence-electron chi connectivity index (χ0n) is 10.3. The highest BCUT2D eigenvalue weighted by Crippen LogP contribution is 2.36. The van der Waals surface area contributed by atoms with Crippen LogP contribution in [0.2, 0.25) is 0 Å². The molecule has 1 aliphatic rings. The van der Waals surface area contributed by atoms with Crippen LogP contribution in [0.1, 0.15) is 40.0 Å². The second-order valence-corrected chi connectivity index (χ2v) is 6.74. The summed E-state index contributed by atoms with van der Waals surface area (Å²) in [5.74, 6) is 2.70. The van der Waals surface area contributed by atoms with Crippen molar-refractivity contribution in [2.24, 2.45) is 0 Å². The van der Waals surface area contributed by atoms with Gasteiger partial charge in [-0.25, -0.2) is 0 Å². The van der Waals surface area contributed by atoms with Crippen molar-refractivity contribution < 1.29 is 0 Å². The van der Waals surface area contributed by atoms with E-state index in [0.29, 0.717) is 0 Å². The average molecular weight is 247 g/mol. The molecule has 1 heterocycles. The lowest BCUT2D eigenvalue weighted by molar-refractivity contribution is 0.460. The molecule has 0 radical (unpaired) electrons. The lowest BCUT2D eigenvalue weighted by Gasteiger charge is -2.36. The lowest BCUT2D eigenvalue weighted by atomic mass is 10.0. The number of rotatable bonds is 6. The Bertz CT molecular complexity index is 158. The number of nitrogens with one attached hydrogen (secondary N) is 1. The standard InChI is InChI=1S/C12H25NS2/c1-4-7-10(13-6-3)12-11(5-2)14-8-9-15-12/h10-13H,4-9H2,1-3H3. The van der Waals surface area contributed by atoms with Gasteiger partial charge in [-0.2, -0.15) is 23.5 Å². The first kappa shape index (κ1) is 13.7. The number of hydrogen-bond acceptors (Lipinski definition) is 3. The smallest absolute Gasteiger partial charge is 0.0320 e. The van der Waals surface area contributed by atoms with E-state index in [2.05, 4.69) is 49.6 Å². The summed E-state index contributed by atoms with van der Waals surface area (Å²) in [7, 11) is 0. The van der Waals surface area contributed by atoms with Crippen molar-refractivity contribution >= 4 is 23.5 Å². The number of hydrogen-bond donors (Lipinski definition) is 1. The largest absolute Gasteiger partial charge is 0.313 e. The van der Waals surface area contributed by atoms with Gasteiger partial charge in [0.1, 0.15) is 0 Å². The molecular weight excluding hydrogens is 222 g/mol. The van der Waals surface area contributed by atoms with Gasteiger partial charge in [-0.3, -0.25) is 0 Å². The highest BCUT2D eigenvalue weighted by atomic mass is 32.2. The third kappa shape index (κ3) is 4.20. The number of thioether (sulfide) groups is 2. The van der Waals surface area contributed by atoms with Crippen molar-refractivity contribution in [1.82, 2.24) is 5.32 Å². The molecule has 1 saturated heterocycles. The van der Waals surface area contributed by atoms with Gasteiger partial charge in [-0.1, -0.05) is 27.2 Å². The predicted molar refractivity (Wildman–Crippen MR) is 75.2 cm³/mol. The van der Waals surface area contributed by atoms with Crippen LogP contribution in [0.4, 0.5) is 0 Å². The van der Waals surface area contributed by atoms with E-state index in [-0.39, 0.29) is 0 Å². The second-order valence-electron chi connectivity index (χ2n) is 4.11. The Hall–Kier alpha value is 0.660. The summed E-state index contributed by atoms with van der Waals surface area (Å²) in [6.45, 7) is 7.98. The van der Waals surface area contributed by atoms with Crippen molar-refractivity contribution in [1.29, 1.82) is 0 Å². The third-order valence-electron chi connectivity index (χ3n) is 2.96. The van der Waals surface area contributed by atoms with E-state index in [4.69, 9.17) is 0 Å². The molecule has 1 rings (SSSR count). The fourth-order valence-electron chi connectivity index (χ4n) is 2.27. The fraction of sp³-hybridized carbons (Fsp3) is 1.00. The molecule has 1 aliphatic heterocycles. The average Bonchev–Trinajstić information content (AvgIpc) is 2.29. The van der Waals surface area contributed by atoms with Crippen molar-refractivity contribution in [3.63, 3.8) is 0 Å². The fourth-order valence-corrected chi connectivity index (χ4v) is 5.57. The van der Waals surface area contributed by atoms with E-state index < -0.39 is 0 Å². The van der Waals surface area contributed by atoms with Crippen molar-refractivity contribution in [2.75, 3.05) is 18.1 Å². The molecule has 0 aliphatic carbocycles. The van der Waals surface area contributed by atoms with Gasteiger partial charge in [0.25, 0.3) is 0 Å². The van der Waals surface area contributed by atoms with Crippen LogP contribution >= 0.6 is 23.5 Å². The zero-order valence-corrected chi connectivity index (χ0v) is 11.9. The highest BCUT2D eigenvalue weighted by Gasteiger charge is 2.30. The molecule has 0 saturated carbocycles. The van der Waals surface area contributed by atoms with Crippen LogP contribution in [0.25, 0.3) is 0 Å². The molecule has 0 spiro atoms. The summed E-state index contributed by atoms with van der Waals surface area (Å²) in [6.07, 6.45) is 3.96.